The summed E-state index contributed by atoms with van der Waals surface area (Å²) < 4.78 is 176. The molecule has 7 N–H and O–H groups in total. The Kier molecular flexibility index (Phi) is 28.9. The molecule has 22 nitrogen and oxygen atoms in total. The summed E-state index contributed by atoms with van der Waals surface area (Å²) in [6.07, 6.45) is -14.9. The number of nitrogens with zero attached hydrogens (tertiary/aromatic N) is 4. The third-order valence-electron chi connectivity index (χ3n) is 23.1. The number of carboxylic acids is 1. The first kappa shape index (κ1) is 94.4. The minimum absolute atomic E-state index is 0. The summed E-state index contributed by atoms with van der Waals surface area (Å²) in [5.74, 6) is -1.93. The summed E-state index contributed by atoms with van der Waals surface area (Å²) in [5, 5.41) is 48.1. The van der Waals surface area contributed by atoms with Crippen LogP contribution in [0.15, 0.2) is 0 Å². The van der Waals surface area contributed by atoms with E-state index in [1.165, 1.54) is 19.6 Å². The number of nitrogens with two attached hydrogens (primary N) is 1. The molecule has 4 aliphatic heterocycles. The number of fused-ring (bicyclic) bond motifs is 4. The Labute approximate surface area is 643 Å². The number of hydrogen-bond donors (Lipinski definition) is 6. The molecule has 0 aromatic rings. The maximum atomic E-state index is 13.1. The lowest BCUT2D eigenvalue weighted by molar-refractivity contribution is -0.274. The van der Waals surface area contributed by atoms with Gasteiger partial charge in [0.15, 0.2) is 39.8 Å². The van der Waals surface area contributed by atoms with E-state index in [0.717, 1.165) is 25.7 Å². The monoisotopic (exact) mass is 1620 g/mol. The van der Waals surface area contributed by atoms with E-state index in [1.807, 2.05) is 0 Å². The van der Waals surface area contributed by atoms with Crippen LogP contribution >= 0.6 is 0 Å². The van der Waals surface area contributed by atoms with Crippen LogP contribution < -0.4 is 5.73 Å². The Morgan fingerprint density at radius 1 is 0.351 bits per heavy atom. The molecule has 8 aliphatic carbocycles. The highest BCUT2D eigenvalue weighted by Crippen LogP contribution is 2.55. The maximum Gasteiger partial charge on any atom is 0.417 e. The van der Waals surface area contributed by atoms with Crippen molar-refractivity contribution in [1.82, 2.24) is 19.6 Å². The van der Waals surface area contributed by atoms with Crippen LogP contribution in [0.4, 0.5) is 71.9 Å². The molecule has 4 amide bonds. The van der Waals surface area contributed by atoms with E-state index in [-0.39, 0.29) is 145 Å². The molecule has 0 radical (unpaired) electrons. The van der Waals surface area contributed by atoms with Gasteiger partial charge in [-0.1, -0.05) is 14.9 Å². The van der Waals surface area contributed by atoms with Crippen LogP contribution in [0.5, 0.6) is 0 Å². The molecular weight excluding hydrogens is 1490 g/mol. The van der Waals surface area contributed by atoms with Crippen LogP contribution in [0.3, 0.4) is 0 Å². The van der Waals surface area contributed by atoms with Gasteiger partial charge in [0.2, 0.25) is 0 Å². The van der Waals surface area contributed by atoms with Crippen molar-refractivity contribution >= 4 is 47.7 Å². The molecule has 8 saturated carbocycles. The second kappa shape index (κ2) is 34.0. The fourth-order valence-corrected chi connectivity index (χ4v) is 17.4. The molecule has 12 rings (SSSR count). The average Bonchev–Trinajstić information content (AvgIpc) is 1.60. The molecule has 12 fully saturated rings. The number of piperidine rings is 4. The van der Waals surface area contributed by atoms with Gasteiger partial charge < -0.3 is 50.2 Å². The van der Waals surface area contributed by atoms with Gasteiger partial charge in [0.25, 0.3) is 0 Å². The Hall–Kier alpha value is -5.48. The summed E-state index contributed by atoms with van der Waals surface area (Å²) >= 11 is 0. The van der Waals surface area contributed by atoms with Gasteiger partial charge in [-0.25, -0.2) is 24.0 Å². The SMILES string of the molecule is C.C.CC(C)(C)OC(=O)N1[C@@H]2C[C@@H]2C[C@H]1C(=O)CC1CCCC(O)(C(F)(F)F)C1.CC(C)(C)OC(=O)N1[C@@H]2C[C@@H]2C[C@H]1C(=O)CC1CCCC(O)(C(F)(F)F)C1.CC(C)(C)OC(=O)N1[C@@H]2C[C@@H]2C[C@H]1C(=O)CC1CCCC(O)(C(F)(F)F)C1.CC(C)(C)OC(=O)N1[C@@H]2C[C@@H]2C[C@H]1C(=O)O.NC1CCCC(O)(C(F)(F)F)C1. The van der Waals surface area contributed by atoms with Gasteiger partial charge in [0.05, 0.1) is 18.1 Å². The number of ketones is 3. The molecule has 0 spiro atoms. The number of aliphatic hydroxyl groups is 4. The summed E-state index contributed by atoms with van der Waals surface area (Å²) in [4.78, 5) is 105. The predicted octanol–water partition coefficient (Wildman–Crippen LogP) is 15.4. The molecular formula is C77H121F12N5O17. The van der Waals surface area contributed by atoms with E-state index in [4.69, 9.17) is 29.8 Å². The van der Waals surface area contributed by atoms with Crippen LogP contribution in [-0.4, -0.2) is 217 Å². The van der Waals surface area contributed by atoms with Crippen molar-refractivity contribution in [3.63, 3.8) is 0 Å². The second-order valence-corrected chi connectivity index (χ2v) is 37.0. The lowest BCUT2D eigenvalue weighted by atomic mass is 9.75. The van der Waals surface area contributed by atoms with Gasteiger partial charge >= 0.3 is 55.0 Å². The fraction of sp³-hybridized carbons (Fsp3) is 0.896. The van der Waals surface area contributed by atoms with Crippen LogP contribution in [0.1, 0.15) is 271 Å². The highest BCUT2D eigenvalue weighted by molar-refractivity contribution is 5.91. The molecule has 34 heteroatoms. The predicted molar refractivity (Wildman–Crippen MR) is 380 cm³/mol. The Bertz CT molecular complexity index is 3050. The Balaban J connectivity index is 0.000000221. The first-order valence-electron chi connectivity index (χ1n) is 38.3. The number of Topliss-reactive ketones (excluding diaryl/α,β-unsaturated/α-hetero) is 3. The molecule has 0 aromatic heterocycles. The summed E-state index contributed by atoms with van der Waals surface area (Å²) in [6.45, 7) is 21.1. The number of amides is 4. The molecule has 111 heavy (non-hydrogen) atoms. The molecule has 0 bridgehead atoms. The number of aliphatic carboxylic acids is 1. The first-order valence-corrected chi connectivity index (χ1v) is 38.3. The lowest BCUT2D eigenvalue weighted by Gasteiger charge is -2.38. The maximum absolute atomic E-state index is 13.1. The van der Waals surface area contributed by atoms with Crippen LogP contribution in [-0.2, 0) is 38.1 Å². The third kappa shape index (κ3) is 23.9. The fourth-order valence-electron chi connectivity index (χ4n) is 17.4. The van der Waals surface area contributed by atoms with Crippen LogP contribution in [0, 0.1) is 41.4 Å². The normalized spacial score (nSPS) is 35.3. The lowest BCUT2D eigenvalue weighted by Crippen LogP contribution is -2.51. The molecule has 640 valence electrons. The summed E-state index contributed by atoms with van der Waals surface area (Å²) in [7, 11) is 0. The number of carboxylic acid groups (broad SMARTS) is 1. The minimum Gasteiger partial charge on any atom is -0.480 e. The molecule has 8 unspecified atom stereocenters. The van der Waals surface area contributed by atoms with Crippen molar-refractivity contribution in [2.24, 2.45) is 47.2 Å². The van der Waals surface area contributed by atoms with Crippen molar-refractivity contribution in [2.75, 3.05) is 0 Å². The van der Waals surface area contributed by atoms with Crippen molar-refractivity contribution in [2.45, 2.75) is 395 Å². The second-order valence-electron chi connectivity index (χ2n) is 37.0. The quantitative estimate of drug-likeness (QED) is 0.0874. The van der Waals surface area contributed by atoms with Gasteiger partial charge in [-0.2, -0.15) is 52.7 Å². The van der Waals surface area contributed by atoms with Gasteiger partial charge in [-0.05, 0) is 272 Å². The average molecular weight is 1620 g/mol. The van der Waals surface area contributed by atoms with Crippen molar-refractivity contribution in [3.05, 3.63) is 0 Å². The van der Waals surface area contributed by atoms with Crippen molar-refractivity contribution in [1.29, 1.82) is 0 Å². The molecule has 0 aromatic carbocycles. The van der Waals surface area contributed by atoms with Gasteiger partial charge in [-0.15, -0.1) is 0 Å². The highest BCUT2D eigenvalue weighted by atomic mass is 19.4. The zero-order chi connectivity index (χ0) is 82.1. The topological polar surface area (TPSA) is 314 Å². The Morgan fingerprint density at radius 2 is 0.559 bits per heavy atom. The molecule has 4 saturated heterocycles. The number of likely N-dealkylation sites (tertiary alicyclic amines) is 4. The number of carbonyl (C=O) groups is 8. The van der Waals surface area contributed by atoms with E-state index < -0.39 is 167 Å². The molecule has 12 aliphatic rings. The van der Waals surface area contributed by atoms with Crippen molar-refractivity contribution in [3.8, 4) is 0 Å². The van der Waals surface area contributed by atoms with Gasteiger partial charge in [0, 0.05) is 55.9 Å². The number of hydrogen-bond acceptors (Lipinski definition) is 17. The third-order valence-corrected chi connectivity index (χ3v) is 23.1. The van der Waals surface area contributed by atoms with Crippen LogP contribution in [0.2, 0.25) is 0 Å². The van der Waals surface area contributed by atoms with E-state index >= 15 is 0 Å². The van der Waals surface area contributed by atoms with E-state index in [9.17, 15) is 111 Å². The van der Waals surface area contributed by atoms with E-state index in [2.05, 4.69) is 0 Å². The first-order chi connectivity index (χ1) is 49.6. The number of halogens is 12. The van der Waals surface area contributed by atoms with Crippen LogP contribution in [0.25, 0.3) is 0 Å². The van der Waals surface area contributed by atoms with Crippen molar-refractivity contribution < 1.29 is 136 Å². The molecule has 20 atom stereocenters. The van der Waals surface area contributed by atoms with Gasteiger partial charge in [0.1, 0.15) is 28.4 Å². The van der Waals surface area contributed by atoms with Gasteiger partial charge in [-0.3, -0.25) is 34.0 Å². The number of rotatable bonds is 10. The molecule has 4 heterocycles. The minimum atomic E-state index is -4.69. The summed E-state index contributed by atoms with van der Waals surface area (Å²) in [5.41, 5.74) is -7.92. The van der Waals surface area contributed by atoms with E-state index in [1.54, 1.807) is 83.1 Å². The smallest absolute Gasteiger partial charge is 0.417 e. The highest BCUT2D eigenvalue weighted by Gasteiger charge is 2.64. The zero-order valence-electron chi connectivity index (χ0n) is 64.4. The Morgan fingerprint density at radius 3 is 0.757 bits per heavy atom. The number of alkyl halides is 12. The zero-order valence-corrected chi connectivity index (χ0v) is 64.4. The summed E-state index contributed by atoms with van der Waals surface area (Å²) in [6, 6.07) is -2.97. The number of ether oxygens (including phenoxy) is 4. The standard InChI is InChI=1S/3C19H28F3NO4.C11H17NO4.C7H12F3NO.2CH4/c3*1-17(2,3)27-16(25)23-13-8-12(13)9-14(23)15(24)7-11-5-4-6-18(26,10-11)19(20,21)22;1-11(2,3)16-10(15)12-7-4-6(7)5-8(12)9(13)14;8-7(9,10)6(12)3-1-2-5(11)4-6;;/h3*11-14,26H,4-10H2,1-3H3;6-8H,4-5H2,1-3H3,(H,13,14);5,12H,1-4,11H2;2*1H4/t3*11?,12-,13-,14+,18?;6-,7-,8+;;;/m1111.../s1. The van der Waals surface area contributed by atoms with E-state index in [0.29, 0.717) is 63.7 Å². The number of carbonyl (C=O) groups excluding carboxylic acids is 7. The largest absolute Gasteiger partial charge is 0.480 e.